The lowest BCUT2D eigenvalue weighted by atomic mass is 10.1. The number of amides is 2. The van der Waals surface area contributed by atoms with Crippen LogP contribution in [0.5, 0.6) is 0 Å². The van der Waals surface area contributed by atoms with Crippen LogP contribution in [0.25, 0.3) is 5.69 Å². The fourth-order valence-electron chi connectivity index (χ4n) is 3.97. The van der Waals surface area contributed by atoms with Gasteiger partial charge in [0.25, 0.3) is 0 Å². The molecule has 4 aromatic rings. The molecule has 8 heteroatoms. The monoisotopic (exact) mass is 427 g/mol. The molecule has 32 heavy (non-hydrogen) atoms. The van der Waals surface area contributed by atoms with Crippen molar-refractivity contribution in [3.8, 4) is 5.69 Å². The van der Waals surface area contributed by atoms with Gasteiger partial charge in [-0.25, -0.2) is 9.48 Å². The van der Waals surface area contributed by atoms with E-state index in [1.165, 1.54) is 5.56 Å². The van der Waals surface area contributed by atoms with Crippen LogP contribution in [0.15, 0.2) is 67.0 Å². The number of aryl methyl sites for hydroxylation is 1. The number of aromatic nitrogens is 5. The summed E-state index contributed by atoms with van der Waals surface area (Å²) >= 11 is 0. The Morgan fingerprint density at radius 2 is 1.91 bits per heavy atom. The van der Waals surface area contributed by atoms with E-state index in [-0.39, 0.29) is 6.03 Å². The highest BCUT2D eigenvalue weighted by Crippen LogP contribution is 2.21. The van der Waals surface area contributed by atoms with Crippen LogP contribution in [0.3, 0.4) is 0 Å². The molecular formula is C24H25N7O. The predicted octanol–water partition coefficient (Wildman–Crippen LogP) is 3.66. The van der Waals surface area contributed by atoms with Crippen molar-refractivity contribution in [1.29, 1.82) is 0 Å². The van der Waals surface area contributed by atoms with Crippen molar-refractivity contribution in [2.24, 2.45) is 0 Å². The molecule has 0 saturated heterocycles. The van der Waals surface area contributed by atoms with Gasteiger partial charge in [-0.1, -0.05) is 42.5 Å². The summed E-state index contributed by atoms with van der Waals surface area (Å²) in [6.07, 6.45) is 5.56. The van der Waals surface area contributed by atoms with Gasteiger partial charge in [0.2, 0.25) is 0 Å². The first kappa shape index (κ1) is 20.0. The van der Waals surface area contributed by atoms with Crippen molar-refractivity contribution >= 4 is 11.7 Å². The van der Waals surface area contributed by atoms with Crippen molar-refractivity contribution in [2.45, 2.75) is 32.9 Å². The Bertz CT molecular complexity index is 1210. The van der Waals surface area contributed by atoms with Gasteiger partial charge < -0.3 is 10.2 Å². The Hall–Kier alpha value is -3.94. The van der Waals surface area contributed by atoms with E-state index in [9.17, 15) is 4.79 Å². The molecule has 162 valence electrons. The highest BCUT2D eigenvalue weighted by molar-refractivity contribution is 5.89. The third kappa shape index (κ3) is 4.12. The molecule has 2 aromatic carbocycles. The lowest BCUT2D eigenvalue weighted by molar-refractivity contribution is 0.205. The lowest BCUT2D eigenvalue weighted by Crippen LogP contribution is -2.39. The van der Waals surface area contributed by atoms with Crippen LogP contribution in [0.1, 0.15) is 29.4 Å². The lowest BCUT2D eigenvalue weighted by Gasteiger charge is -2.27. The molecule has 8 nitrogen and oxygen atoms in total. The molecule has 0 saturated carbocycles. The average molecular weight is 428 g/mol. The van der Waals surface area contributed by atoms with Crippen LogP contribution >= 0.6 is 0 Å². The Balaban J connectivity index is 1.25. The molecule has 0 radical (unpaired) electrons. The van der Waals surface area contributed by atoms with E-state index in [1.807, 2.05) is 52.3 Å². The predicted molar refractivity (Wildman–Crippen MR) is 122 cm³/mol. The molecular weight excluding hydrogens is 402 g/mol. The summed E-state index contributed by atoms with van der Waals surface area (Å²) in [4.78, 5) is 14.4. The van der Waals surface area contributed by atoms with Crippen LogP contribution in [0.4, 0.5) is 10.5 Å². The minimum atomic E-state index is -0.0911. The molecule has 3 heterocycles. The quantitative estimate of drug-likeness (QED) is 0.527. The minimum absolute atomic E-state index is 0.0911. The number of hydrogen-bond acceptors (Lipinski definition) is 4. The van der Waals surface area contributed by atoms with E-state index in [0.29, 0.717) is 19.6 Å². The topological polar surface area (TPSA) is 80.9 Å². The summed E-state index contributed by atoms with van der Waals surface area (Å²) in [7, 11) is 0. The summed E-state index contributed by atoms with van der Waals surface area (Å²) in [6, 6.07) is 17.8. The van der Waals surface area contributed by atoms with Crippen LogP contribution in [-0.4, -0.2) is 42.3 Å². The molecule has 0 atom stereocenters. The van der Waals surface area contributed by atoms with Gasteiger partial charge >= 0.3 is 6.03 Å². The Morgan fingerprint density at radius 3 is 2.69 bits per heavy atom. The second-order valence-electron chi connectivity index (χ2n) is 7.92. The third-order valence-corrected chi connectivity index (χ3v) is 5.79. The molecule has 0 fully saturated rings. The number of hydrogen-bond donors (Lipinski definition) is 1. The summed E-state index contributed by atoms with van der Waals surface area (Å²) in [5.41, 5.74) is 6.15. The zero-order valence-electron chi connectivity index (χ0n) is 18.0. The van der Waals surface area contributed by atoms with Crippen molar-refractivity contribution in [3.05, 3.63) is 89.5 Å². The second kappa shape index (κ2) is 8.66. The van der Waals surface area contributed by atoms with Crippen LogP contribution < -0.4 is 5.32 Å². The fraction of sp³-hybridized carbons (Fsp3) is 0.250. The Labute approximate surface area is 186 Å². The Morgan fingerprint density at radius 1 is 1.09 bits per heavy atom. The summed E-state index contributed by atoms with van der Waals surface area (Å²) in [5, 5.41) is 16.1. The molecule has 2 amide bonds. The van der Waals surface area contributed by atoms with Crippen LogP contribution in [0, 0.1) is 0 Å². The first-order valence-corrected chi connectivity index (χ1v) is 10.8. The highest BCUT2D eigenvalue weighted by Gasteiger charge is 2.24. The number of nitrogens with zero attached hydrogens (tertiary/aromatic N) is 6. The van der Waals surface area contributed by atoms with Crippen LogP contribution in [0.2, 0.25) is 0 Å². The van der Waals surface area contributed by atoms with Crippen LogP contribution in [-0.2, 0) is 25.9 Å². The average Bonchev–Trinajstić information content (AvgIpc) is 3.47. The maximum atomic E-state index is 12.6. The van der Waals surface area contributed by atoms with Gasteiger partial charge in [0, 0.05) is 29.9 Å². The zero-order valence-corrected chi connectivity index (χ0v) is 18.0. The number of carbonyl (C=O) groups excluding carboxylic acids is 1. The van der Waals surface area contributed by atoms with Crippen molar-refractivity contribution in [3.63, 3.8) is 0 Å². The number of rotatable bonds is 5. The highest BCUT2D eigenvalue weighted by atomic mass is 16.2. The second-order valence-corrected chi connectivity index (χ2v) is 7.92. The number of anilines is 1. The number of benzene rings is 2. The third-order valence-electron chi connectivity index (χ3n) is 5.79. The molecule has 0 spiro atoms. The number of nitrogens with one attached hydrogen (secondary N) is 1. The number of urea groups is 1. The molecule has 0 aliphatic carbocycles. The molecule has 2 aromatic heterocycles. The van der Waals surface area contributed by atoms with Crippen molar-refractivity contribution in [1.82, 2.24) is 29.7 Å². The molecule has 1 aliphatic heterocycles. The number of para-hydroxylation sites is 1. The van der Waals surface area contributed by atoms with Gasteiger partial charge in [-0.05, 0) is 36.2 Å². The Kier molecular flexibility index (Phi) is 5.41. The summed E-state index contributed by atoms with van der Waals surface area (Å²) in [5.74, 6) is 0. The van der Waals surface area contributed by atoms with E-state index in [2.05, 4.69) is 51.9 Å². The summed E-state index contributed by atoms with van der Waals surface area (Å²) in [6.45, 7) is 3.89. The maximum Gasteiger partial charge on any atom is 0.322 e. The van der Waals surface area contributed by atoms with Gasteiger partial charge in [0.1, 0.15) is 5.69 Å². The fourth-order valence-corrected chi connectivity index (χ4v) is 3.97. The van der Waals surface area contributed by atoms with E-state index in [1.54, 1.807) is 4.68 Å². The van der Waals surface area contributed by atoms with E-state index in [0.717, 1.165) is 41.2 Å². The first-order valence-electron chi connectivity index (χ1n) is 10.8. The first-order chi connectivity index (χ1) is 15.7. The minimum Gasteiger partial charge on any atom is -0.320 e. The van der Waals surface area contributed by atoms with E-state index < -0.39 is 0 Å². The number of carbonyl (C=O) groups is 1. The van der Waals surface area contributed by atoms with Gasteiger partial charge in [0.15, 0.2) is 0 Å². The summed E-state index contributed by atoms with van der Waals surface area (Å²) < 4.78 is 3.76. The van der Waals surface area contributed by atoms with Gasteiger partial charge in [-0.3, -0.25) is 4.68 Å². The molecule has 0 unspecified atom stereocenters. The van der Waals surface area contributed by atoms with Gasteiger partial charge in [-0.15, -0.1) is 5.10 Å². The molecule has 1 N–H and O–H groups in total. The van der Waals surface area contributed by atoms with Gasteiger partial charge in [-0.2, -0.15) is 5.10 Å². The normalized spacial score (nSPS) is 13.1. The molecule has 0 bridgehead atoms. The SMILES string of the molecule is CCc1ccc(-n2cc(Cn3ncc4c3CCN(C(=O)Nc3ccccc3)C4)nn2)cc1. The van der Waals surface area contributed by atoms with Gasteiger partial charge in [0.05, 0.1) is 31.2 Å². The smallest absolute Gasteiger partial charge is 0.320 e. The molecule has 1 aliphatic rings. The number of fused-ring (bicyclic) bond motifs is 1. The standard InChI is InChI=1S/C24H25N7O/c1-2-18-8-10-22(11-9-18)30-16-21(27-28-30)17-31-23-12-13-29(15-19(23)14-25-31)24(32)26-20-6-4-3-5-7-20/h3-11,14,16H,2,12-13,15,17H2,1H3,(H,26,32). The van der Waals surface area contributed by atoms with Crippen molar-refractivity contribution < 1.29 is 4.79 Å². The zero-order chi connectivity index (χ0) is 21.9. The van der Waals surface area contributed by atoms with E-state index in [4.69, 9.17) is 0 Å². The largest absolute Gasteiger partial charge is 0.322 e. The maximum absolute atomic E-state index is 12.6. The van der Waals surface area contributed by atoms with Crippen molar-refractivity contribution in [2.75, 3.05) is 11.9 Å². The van der Waals surface area contributed by atoms with E-state index >= 15 is 0 Å². The molecule has 5 rings (SSSR count).